The maximum atomic E-state index is 12.3. The highest BCUT2D eigenvalue weighted by Gasteiger charge is 2.39. The Kier molecular flexibility index (Phi) is 8.13. The van der Waals surface area contributed by atoms with E-state index in [1.165, 1.54) is 11.3 Å². The molecular formula is C19H32N2O4S2Si. The molecule has 0 bridgehead atoms. The average Bonchev–Trinajstić information content (AvgIpc) is 3.20. The Morgan fingerprint density at radius 2 is 2.14 bits per heavy atom. The normalized spacial score (nSPS) is 18.0. The van der Waals surface area contributed by atoms with Gasteiger partial charge in [0.2, 0.25) is 5.91 Å². The van der Waals surface area contributed by atoms with Gasteiger partial charge in [0, 0.05) is 24.1 Å². The van der Waals surface area contributed by atoms with E-state index in [0.29, 0.717) is 31.9 Å². The summed E-state index contributed by atoms with van der Waals surface area (Å²) in [4.78, 5) is 30.3. The van der Waals surface area contributed by atoms with Crippen LogP contribution in [0.1, 0.15) is 51.0 Å². The molecule has 2 rings (SSSR count). The first-order chi connectivity index (χ1) is 13.0. The smallest absolute Gasteiger partial charge is 0.357 e. The number of carbonyl (C=O) groups is 2. The lowest BCUT2D eigenvalue weighted by atomic mass is 10.2. The summed E-state index contributed by atoms with van der Waals surface area (Å²) >= 11 is 3.00. The van der Waals surface area contributed by atoms with E-state index in [-0.39, 0.29) is 23.0 Å². The molecule has 9 heteroatoms. The van der Waals surface area contributed by atoms with Crippen LogP contribution in [0.2, 0.25) is 18.1 Å². The van der Waals surface area contributed by atoms with Gasteiger partial charge in [0.15, 0.2) is 18.4 Å². The number of esters is 1. The number of hydrogen-bond donors (Lipinski definition) is 0. The first-order valence-electron chi connectivity index (χ1n) is 9.74. The van der Waals surface area contributed by atoms with Crippen molar-refractivity contribution in [3.05, 3.63) is 11.1 Å². The number of likely N-dealkylation sites (tertiary alicyclic amines) is 1. The average molecular weight is 445 g/mol. The van der Waals surface area contributed by atoms with Gasteiger partial charge in [-0.2, -0.15) is 0 Å². The highest BCUT2D eigenvalue weighted by molar-refractivity contribution is 8.01. The van der Waals surface area contributed by atoms with Crippen LogP contribution in [0.3, 0.4) is 0 Å². The van der Waals surface area contributed by atoms with E-state index in [4.69, 9.17) is 9.16 Å². The van der Waals surface area contributed by atoms with Crippen LogP contribution in [0, 0.1) is 0 Å². The lowest BCUT2D eigenvalue weighted by Crippen LogP contribution is -2.45. The Labute approximate surface area is 177 Å². The molecule has 2 heterocycles. The number of nitrogens with zero attached hydrogens (tertiary/aromatic N) is 2. The van der Waals surface area contributed by atoms with E-state index in [1.54, 1.807) is 24.1 Å². The summed E-state index contributed by atoms with van der Waals surface area (Å²) in [5, 5.41) is 1.88. The fourth-order valence-electron chi connectivity index (χ4n) is 2.65. The van der Waals surface area contributed by atoms with Gasteiger partial charge in [-0.3, -0.25) is 4.79 Å². The van der Waals surface area contributed by atoms with Crippen molar-refractivity contribution < 1.29 is 18.8 Å². The van der Waals surface area contributed by atoms with Crippen molar-refractivity contribution in [3.63, 3.8) is 0 Å². The summed E-state index contributed by atoms with van der Waals surface area (Å²) in [6.45, 7) is 14.6. The second-order valence-corrected chi connectivity index (χ2v) is 15.4. The molecule has 28 heavy (non-hydrogen) atoms. The third kappa shape index (κ3) is 6.05. The van der Waals surface area contributed by atoms with Crippen LogP contribution in [0.5, 0.6) is 0 Å². The Morgan fingerprint density at radius 1 is 1.43 bits per heavy atom. The summed E-state index contributed by atoms with van der Waals surface area (Å²) in [5.74, 6) is 0.567. The lowest BCUT2D eigenvalue weighted by molar-refractivity contribution is -0.129. The molecule has 0 radical (unpaired) electrons. The van der Waals surface area contributed by atoms with Crippen molar-refractivity contribution in [1.29, 1.82) is 0 Å². The van der Waals surface area contributed by atoms with Crippen molar-refractivity contribution >= 4 is 43.3 Å². The highest BCUT2D eigenvalue weighted by atomic mass is 32.2. The molecule has 0 aromatic carbocycles. The molecule has 1 aromatic rings. The highest BCUT2D eigenvalue weighted by Crippen LogP contribution is 2.37. The molecule has 1 saturated heterocycles. The second kappa shape index (κ2) is 9.73. The third-order valence-electron chi connectivity index (χ3n) is 5.42. The zero-order chi connectivity index (χ0) is 20.9. The molecule has 0 unspecified atom stereocenters. The maximum absolute atomic E-state index is 12.3. The largest absolute Gasteiger partial charge is 0.461 e. The van der Waals surface area contributed by atoms with Gasteiger partial charge in [-0.05, 0) is 31.5 Å². The number of ether oxygens (including phenoxy) is 1. The minimum Gasteiger partial charge on any atom is -0.461 e. The zero-order valence-electron chi connectivity index (χ0n) is 17.7. The molecule has 1 aliphatic rings. The Morgan fingerprint density at radius 3 is 2.79 bits per heavy atom. The summed E-state index contributed by atoms with van der Waals surface area (Å²) in [7, 11) is -1.82. The summed E-state index contributed by atoms with van der Waals surface area (Å²) in [6, 6.07) is 0.161. The van der Waals surface area contributed by atoms with E-state index in [2.05, 4.69) is 38.8 Å². The van der Waals surface area contributed by atoms with Crippen LogP contribution in [0.15, 0.2) is 9.72 Å². The Hall–Kier alpha value is -0.903. The van der Waals surface area contributed by atoms with Crippen molar-refractivity contribution in [3.8, 4) is 0 Å². The number of thioether (sulfide) groups is 1. The summed E-state index contributed by atoms with van der Waals surface area (Å²) in [6.07, 6.45) is 1.46. The fourth-order valence-corrected chi connectivity index (χ4v) is 5.49. The SMILES string of the molecule is CCOC(=O)c1csc(SCCN2C(=O)CC[C@@H]2CO[Si](C)(C)C(C)(C)C)n1. The predicted molar refractivity (Wildman–Crippen MR) is 117 cm³/mol. The van der Waals surface area contributed by atoms with Crippen molar-refractivity contribution in [2.24, 2.45) is 0 Å². The number of carbonyl (C=O) groups excluding carboxylic acids is 2. The number of rotatable bonds is 9. The molecule has 6 nitrogen and oxygen atoms in total. The van der Waals surface area contributed by atoms with E-state index in [9.17, 15) is 9.59 Å². The minimum absolute atomic E-state index is 0.161. The van der Waals surface area contributed by atoms with Crippen molar-refractivity contribution in [2.45, 2.75) is 69.1 Å². The van der Waals surface area contributed by atoms with Gasteiger partial charge in [0.05, 0.1) is 19.3 Å². The Balaban J connectivity index is 1.85. The summed E-state index contributed by atoms with van der Waals surface area (Å²) in [5.41, 5.74) is 0.354. The molecule has 0 spiro atoms. The molecular weight excluding hydrogens is 412 g/mol. The quantitative estimate of drug-likeness (QED) is 0.319. The van der Waals surface area contributed by atoms with E-state index in [1.807, 2.05) is 4.90 Å². The van der Waals surface area contributed by atoms with Crippen LogP contribution in [0.4, 0.5) is 0 Å². The van der Waals surface area contributed by atoms with E-state index in [0.717, 1.165) is 16.5 Å². The molecule has 1 aromatic heterocycles. The van der Waals surface area contributed by atoms with Gasteiger partial charge in [-0.15, -0.1) is 11.3 Å². The van der Waals surface area contributed by atoms with E-state index >= 15 is 0 Å². The fraction of sp³-hybridized carbons (Fsp3) is 0.737. The number of hydrogen-bond acceptors (Lipinski definition) is 7. The van der Waals surface area contributed by atoms with Gasteiger partial charge >= 0.3 is 5.97 Å². The van der Waals surface area contributed by atoms with Gasteiger partial charge in [0.25, 0.3) is 0 Å². The molecule has 1 atom stereocenters. The van der Waals surface area contributed by atoms with Crippen molar-refractivity contribution in [2.75, 3.05) is 25.5 Å². The predicted octanol–water partition coefficient (Wildman–Crippen LogP) is 4.42. The monoisotopic (exact) mass is 444 g/mol. The van der Waals surface area contributed by atoms with Crippen LogP contribution in [-0.4, -0.2) is 61.6 Å². The van der Waals surface area contributed by atoms with Crippen LogP contribution >= 0.6 is 23.1 Å². The second-order valence-electron chi connectivity index (χ2n) is 8.42. The topological polar surface area (TPSA) is 68.7 Å². The van der Waals surface area contributed by atoms with Gasteiger partial charge in [0.1, 0.15) is 0 Å². The van der Waals surface area contributed by atoms with E-state index < -0.39 is 8.32 Å². The molecule has 1 amide bonds. The zero-order valence-corrected chi connectivity index (χ0v) is 20.4. The summed E-state index contributed by atoms with van der Waals surface area (Å²) < 4.78 is 12.1. The van der Waals surface area contributed by atoms with Crippen LogP contribution < -0.4 is 0 Å². The standard InChI is InChI=1S/C19H32N2O4S2Si/c1-7-24-17(23)15-13-27-18(20-15)26-11-10-21-14(8-9-16(21)22)12-25-28(5,6)19(2,3)4/h13-14H,7-12H2,1-6H3/t14-/m1/s1. The first-order valence-corrected chi connectivity index (χ1v) is 14.5. The third-order valence-corrected chi connectivity index (χ3v) is 11.9. The van der Waals surface area contributed by atoms with Gasteiger partial charge in [-0.25, -0.2) is 9.78 Å². The minimum atomic E-state index is -1.82. The maximum Gasteiger partial charge on any atom is 0.357 e. The Bertz CT molecular complexity index is 688. The lowest BCUT2D eigenvalue weighted by Gasteiger charge is -2.38. The number of thiazole rings is 1. The molecule has 0 saturated carbocycles. The van der Waals surface area contributed by atoms with Crippen LogP contribution in [0.25, 0.3) is 0 Å². The number of amides is 1. The number of aromatic nitrogens is 1. The molecule has 0 aliphatic carbocycles. The molecule has 0 N–H and O–H groups in total. The van der Waals surface area contributed by atoms with Crippen LogP contribution in [-0.2, 0) is 14.0 Å². The van der Waals surface area contributed by atoms with Gasteiger partial charge < -0.3 is 14.1 Å². The molecule has 158 valence electrons. The molecule has 1 aliphatic heterocycles. The first kappa shape index (κ1) is 23.4. The van der Waals surface area contributed by atoms with Crippen molar-refractivity contribution in [1.82, 2.24) is 9.88 Å². The molecule has 1 fully saturated rings. The van der Waals surface area contributed by atoms with Gasteiger partial charge in [-0.1, -0.05) is 32.5 Å².